The molecule has 0 radical (unpaired) electrons. The van der Waals surface area contributed by atoms with E-state index in [0.717, 1.165) is 5.56 Å². The van der Waals surface area contributed by atoms with Gasteiger partial charge in [0.25, 0.3) is 5.69 Å². The summed E-state index contributed by atoms with van der Waals surface area (Å²) in [5.41, 5.74) is 1.83. The molecule has 0 saturated heterocycles. The van der Waals surface area contributed by atoms with Crippen LogP contribution in [-0.2, 0) is 0 Å². The standard InChI is InChI=1S/C12H9FN2O2/c1-8-6-11(14-7-12(8)15(16)17)9-2-4-10(13)5-3-9/h2-7H,1H3. The lowest BCUT2D eigenvalue weighted by molar-refractivity contribution is -0.385. The van der Waals surface area contributed by atoms with E-state index in [0.29, 0.717) is 11.3 Å². The van der Waals surface area contributed by atoms with Crippen molar-refractivity contribution in [1.29, 1.82) is 0 Å². The van der Waals surface area contributed by atoms with Crippen molar-refractivity contribution in [2.24, 2.45) is 0 Å². The average molecular weight is 232 g/mol. The molecule has 1 aromatic carbocycles. The largest absolute Gasteiger partial charge is 0.290 e. The zero-order valence-corrected chi connectivity index (χ0v) is 9.05. The van der Waals surface area contributed by atoms with E-state index >= 15 is 0 Å². The van der Waals surface area contributed by atoms with Crippen molar-refractivity contribution < 1.29 is 9.31 Å². The highest BCUT2D eigenvalue weighted by molar-refractivity contribution is 5.61. The number of hydrogen-bond acceptors (Lipinski definition) is 3. The van der Waals surface area contributed by atoms with Gasteiger partial charge < -0.3 is 0 Å². The molecule has 0 spiro atoms. The van der Waals surface area contributed by atoms with Crippen LogP contribution in [0.1, 0.15) is 5.56 Å². The van der Waals surface area contributed by atoms with Crippen molar-refractivity contribution >= 4 is 5.69 Å². The number of rotatable bonds is 2. The lowest BCUT2D eigenvalue weighted by Crippen LogP contribution is -1.94. The smallest absolute Gasteiger partial charge is 0.258 e. The second-order valence-corrected chi connectivity index (χ2v) is 3.62. The summed E-state index contributed by atoms with van der Waals surface area (Å²) in [5.74, 6) is -0.326. The number of hydrogen-bond donors (Lipinski definition) is 0. The minimum Gasteiger partial charge on any atom is -0.258 e. The Morgan fingerprint density at radius 3 is 2.47 bits per heavy atom. The fraction of sp³-hybridized carbons (Fsp3) is 0.0833. The molecule has 0 bridgehead atoms. The zero-order valence-electron chi connectivity index (χ0n) is 9.05. The van der Waals surface area contributed by atoms with E-state index < -0.39 is 4.92 Å². The topological polar surface area (TPSA) is 56.0 Å². The van der Waals surface area contributed by atoms with Crippen LogP contribution in [0.15, 0.2) is 36.5 Å². The number of aryl methyl sites for hydroxylation is 1. The molecule has 5 heteroatoms. The molecule has 0 unspecified atom stereocenters. The highest BCUT2D eigenvalue weighted by Gasteiger charge is 2.12. The normalized spacial score (nSPS) is 10.2. The van der Waals surface area contributed by atoms with Gasteiger partial charge in [0, 0.05) is 11.1 Å². The van der Waals surface area contributed by atoms with Crippen LogP contribution < -0.4 is 0 Å². The predicted molar refractivity (Wildman–Crippen MR) is 61.0 cm³/mol. The molecule has 2 rings (SSSR count). The third-order valence-corrected chi connectivity index (χ3v) is 2.42. The molecule has 0 aliphatic heterocycles. The van der Waals surface area contributed by atoms with Crippen LogP contribution in [0.25, 0.3) is 11.3 Å². The summed E-state index contributed by atoms with van der Waals surface area (Å²) in [4.78, 5) is 14.2. The van der Waals surface area contributed by atoms with Gasteiger partial charge in [-0.15, -0.1) is 0 Å². The average Bonchev–Trinajstić information content (AvgIpc) is 2.29. The zero-order chi connectivity index (χ0) is 12.4. The van der Waals surface area contributed by atoms with Crippen molar-refractivity contribution in [3.8, 4) is 11.3 Å². The molecule has 2 aromatic rings. The lowest BCUT2D eigenvalue weighted by Gasteiger charge is -2.02. The Bertz CT molecular complexity index is 567. The molecule has 0 N–H and O–H groups in total. The van der Waals surface area contributed by atoms with Crippen molar-refractivity contribution in [2.75, 3.05) is 0 Å². The molecule has 0 amide bonds. The number of benzene rings is 1. The quantitative estimate of drug-likeness (QED) is 0.590. The molecule has 0 atom stereocenters. The molecule has 0 aliphatic rings. The summed E-state index contributed by atoms with van der Waals surface area (Å²) in [6.07, 6.45) is 1.22. The predicted octanol–water partition coefficient (Wildman–Crippen LogP) is 3.10. The van der Waals surface area contributed by atoms with Gasteiger partial charge in [0.2, 0.25) is 0 Å². The number of aromatic nitrogens is 1. The minimum atomic E-state index is -0.475. The molecule has 1 aromatic heterocycles. The Kier molecular flexibility index (Phi) is 2.82. The van der Waals surface area contributed by atoms with Gasteiger partial charge in [-0.3, -0.25) is 10.1 Å². The van der Waals surface area contributed by atoms with Crippen molar-refractivity contribution in [2.45, 2.75) is 6.92 Å². The van der Waals surface area contributed by atoms with Gasteiger partial charge in [0.1, 0.15) is 12.0 Å². The summed E-state index contributed by atoms with van der Waals surface area (Å²) >= 11 is 0. The first kappa shape index (κ1) is 11.2. The fourth-order valence-electron chi connectivity index (χ4n) is 1.52. The number of nitrogens with zero attached hydrogens (tertiary/aromatic N) is 2. The maximum Gasteiger partial charge on any atom is 0.290 e. The highest BCUT2D eigenvalue weighted by Crippen LogP contribution is 2.23. The second-order valence-electron chi connectivity index (χ2n) is 3.62. The monoisotopic (exact) mass is 232 g/mol. The molecular weight excluding hydrogens is 223 g/mol. The van der Waals surface area contributed by atoms with Crippen LogP contribution in [0, 0.1) is 22.9 Å². The summed E-state index contributed by atoms with van der Waals surface area (Å²) in [5, 5.41) is 10.6. The van der Waals surface area contributed by atoms with E-state index in [1.165, 1.54) is 18.3 Å². The van der Waals surface area contributed by atoms with Crippen LogP contribution in [0.5, 0.6) is 0 Å². The van der Waals surface area contributed by atoms with Crippen LogP contribution in [0.4, 0.5) is 10.1 Å². The van der Waals surface area contributed by atoms with E-state index in [1.807, 2.05) is 0 Å². The first-order chi connectivity index (χ1) is 8.08. The molecular formula is C12H9FN2O2. The van der Waals surface area contributed by atoms with Crippen LogP contribution >= 0.6 is 0 Å². The van der Waals surface area contributed by atoms with E-state index in [-0.39, 0.29) is 11.5 Å². The molecule has 1 heterocycles. The Labute approximate surface area is 96.9 Å². The Balaban J connectivity index is 2.44. The van der Waals surface area contributed by atoms with Gasteiger partial charge >= 0.3 is 0 Å². The Morgan fingerprint density at radius 2 is 1.94 bits per heavy atom. The first-order valence-electron chi connectivity index (χ1n) is 4.95. The van der Waals surface area contributed by atoms with Gasteiger partial charge in [0.15, 0.2) is 0 Å². The summed E-state index contributed by atoms with van der Waals surface area (Å²) in [6.45, 7) is 1.65. The van der Waals surface area contributed by atoms with Gasteiger partial charge in [-0.1, -0.05) is 0 Å². The molecule has 0 fully saturated rings. The van der Waals surface area contributed by atoms with E-state index in [1.54, 1.807) is 25.1 Å². The molecule has 0 saturated carbocycles. The molecule has 0 aliphatic carbocycles. The highest BCUT2D eigenvalue weighted by atomic mass is 19.1. The van der Waals surface area contributed by atoms with Crippen molar-refractivity contribution in [3.05, 3.63) is 58.0 Å². The number of pyridine rings is 1. The van der Waals surface area contributed by atoms with Crippen molar-refractivity contribution in [3.63, 3.8) is 0 Å². The number of halogens is 1. The Morgan fingerprint density at radius 1 is 1.29 bits per heavy atom. The lowest BCUT2D eigenvalue weighted by atomic mass is 10.1. The van der Waals surface area contributed by atoms with Gasteiger partial charge in [-0.2, -0.15) is 0 Å². The maximum atomic E-state index is 12.7. The van der Waals surface area contributed by atoms with E-state index in [2.05, 4.69) is 4.98 Å². The first-order valence-corrected chi connectivity index (χ1v) is 4.95. The number of nitro groups is 1. The van der Waals surface area contributed by atoms with Crippen LogP contribution in [0.2, 0.25) is 0 Å². The SMILES string of the molecule is Cc1cc(-c2ccc(F)cc2)ncc1[N+](=O)[O-]. The summed E-state index contributed by atoms with van der Waals surface area (Å²) < 4.78 is 12.7. The van der Waals surface area contributed by atoms with E-state index in [9.17, 15) is 14.5 Å². The van der Waals surface area contributed by atoms with Crippen LogP contribution in [0.3, 0.4) is 0 Å². The third kappa shape index (κ3) is 2.28. The third-order valence-electron chi connectivity index (χ3n) is 2.42. The molecule has 4 nitrogen and oxygen atoms in total. The fourth-order valence-corrected chi connectivity index (χ4v) is 1.52. The van der Waals surface area contributed by atoms with Crippen LogP contribution in [-0.4, -0.2) is 9.91 Å². The minimum absolute atomic E-state index is 0.0177. The summed E-state index contributed by atoms with van der Waals surface area (Å²) in [7, 11) is 0. The van der Waals surface area contributed by atoms with E-state index in [4.69, 9.17) is 0 Å². The van der Waals surface area contributed by atoms with Gasteiger partial charge in [-0.05, 0) is 37.3 Å². The Hall–Kier alpha value is -2.30. The molecule has 86 valence electrons. The van der Waals surface area contributed by atoms with Gasteiger partial charge in [-0.25, -0.2) is 9.37 Å². The summed E-state index contributed by atoms with van der Waals surface area (Å²) in [6, 6.07) is 7.44. The van der Waals surface area contributed by atoms with Gasteiger partial charge in [0.05, 0.1) is 10.6 Å². The van der Waals surface area contributed by atoms with Crippen molar-refractivity contribution in [1.82, 2.24) is 4.98 Å². The molecule has 17 heavy (non-hydrogen) atoms. The maximum absolute atomic E-state index is 12.7. The second kappa shape index (κ2) is 4.29.